The topological polar surface area (TPSA) is 4.93 Å². The Balaban J connectivity index is 2.17. The van der Waals surface area contributed by atoms with Gasteiger partial charge in [-0.15, -0.1) is 0 Å². The van der Waals surface area contributed by atoms with Crippen LogP contribution < -0.4 is 0 Å². The molecule has 0 bridgehead atoms. The molecule has 0 saturated heterocycles. The van der Waals surface area contributed by atoms with Gasteiger partial charge >= 0.3 is 0 Å². The smallest absolute Gasteiger partial charge is 0.0530 e. The van der Waals surface area contributed by atoms with E-state index in [0.717, 1.165) is 11.6 Å². The molecule has 3 aromatic carbocycles. The van der Waals surface area contributed by atoms with E-state index in [1.165, 1.54) is 51.0 Å². The van der Waals surface area contributed by atoms with Gasteiger partial charge in [-0.1, -0.05) is 35.9 Å². The molecular weight excluding hydrogens is 278 g/mol. The molecule has 0 N–H and O–H groups in total. The summed E-state index contributed by atoms with van der Waals surface area (Å²) in [4.78, 5) is 0. The third-order valence-corrected chi connectivity index (χ3v) is 4.95. The highest BCUT2D eigenvalue weighted by molar-refractivity contribution is 6.32. The van der Waals surface area contributed by atoms with Gasteiger partial charge in [0.1, 0.15) is 0 Å². The van der Waals surface area contributed by atoms with Gasteiger partial charge in [-0.25, -0.2) is 0 Å². The standard InChI is InChI=1S/C19H14ClN/c20-14-8-7-12-10-13-4-3-9-21-17-6-2-1-5-15(17)18(19(13)21)16(12)11-14/h1-2,5-8,10-11H,3-4,9H2. The van der Waals surface area contributed by atoms with Crippen LogP contribution in [0.4, 0.5) is 0 Å². The van der Waals surface area contributed by atoms with Gasteiger partial charge in [0, 0.05) is 27.9 Å². The monoisotopic (exact) mass is 291 g/mol. The molecule has 5 rings (SSSR count). The average molecular weight is 292 g/mol. The van der Waals surface area contributed by atoms with Crippen molar-refractivity contribution in [1.82, 2.24) is 4.57 Å². The number of benzene rings is 3. The minimum absolute atomic E-state index is 0.811. The summed E-state index contributed by atoms with van der Waals surface area (Å²) in [6.45, 7) is 1.11. The number of aryl methyl sites for hydroxylation is 2. The van der Waals surface area contributed by atoms with Crippen LogP contribution in [0.2, 0.25) is 5.02 Å². The van der Waals surface area contributed by atoms with Crippen molar-refractivity contribution in [2.75, 3.05) is 0 Å². The van der Waals surface area contributed by atoms with Crippen LogP contribution in [0, 0.1) is 0 Å². The van der Waals surface area contributed by atoms with E-state index in [0.29, 0.717) is 0 Å². The number of aromatic nitrogens is 1. The van der Waals surface area contributed by atoms with Gasteiger partial charge < -0.3 is 4.57 Å². The third kappa shape index (κ3) is 1.47. The van der Waals surface area contributed by atoms with Gasteiger partial charge in [0.15, 0.2) is 0 Å². The van der Waals surface area contributed by atoms with Crippen LogP contribution in [0.5, 0.6) is 0 Å². The Kier molecular flexibility index (Phi) is 2.23. The summed E-state index contributed by atoms with van der Waals surface area (Å²) in [5, 5.41) is 6.11. The summed E-state index contributed by atoms with van der Waals surface area (Å²) < 4.78 is 2.49. The van der Waals surface area contributed by atoms with Crippen LogP contribution in [0.3, 0.4) is 0 Å². The SMILES string of the molecule is Clc1ccc2cc3c4c(c2c1)c1ccccc1n4CCC3. The fraction of sp³-hybridized carbons (Fsp3) is 0.158. The fourth-order valence-corrected chi connectivity index (χ4v) is 4.06. The van der Waals surface area contributed by atoms with Crippen LogP contribution in [0.15, 0.2) is 48.5 Å². The predicted molar refractivity (Wildman–Crippen MR) is 90.3 cm³/mol. The molecule has 2 heteroatoms. The Morgan fingerprint density at radius 1 is 0.952 bits per heavy atom. The first-order chi connectivity index (χ1) is 10.3. The van der Waals surface area contributed by atoms with Crippen LogP contribution in [-0.4, -0.2) is 4.57 Å². The first-order valence-corrected chi connectivity index (χ1v) is 7.83. The minimum atomic E-state index is 0.811. The van der Waals surface area contributed by atoms with Crippen LogP contribution >= 0.6 is 11.6 Å². The van der Waals surface area contributed by atoms with Crippen LogP contribution in [0.1, 0.15) is 12.0 Å². The maximum Gasteiger partial charge on any atom is 0.0530 e. The van der Waals surface area contributed by atoms with E-state index < -0.39 is 0 Å². The molecule has 1 aromatic heterocycles. The molecule has 102 valence electrons. The number of rotatable bonds is 0. The molecule has 0 aliphatic carbocycles. The Labute approximate surface area is 127 Å². The first kappa shape index (κ1) is 11.6. The molecule has 1 nitrogen and oxygen atoms in total. The summed E-state index contributed by atoms with van der Waals surface area (Å²) in [7, 11) is 0. The van der Waals surface area contributed by atoms with E-state index in [1.807, 2.05) is 6.07 Å². The summed E-state index contributed by atoms with van der Waals surface area (Å²) in [6, 6.07) is 17.3. The van der Waals surface area contributed by atoms with Crippen molar-refractivity contribution in [1.29, 1.82) is 0 Å². The van der Waals surface area contributed by atoms with E-state index >= 15 is 0 Å². The van der Waals surface area contributed by atoms with Crippen molar-refractivity contribution in [2.45, 2.75) is 19.4 Å². The largest absolute Gasteiger partial charge is 0.340 e. The first-order valence-electron chi connectivity index (χ1n) is 7.45. The zero-order valence-electron chi connectivity index (χ0n) is 11.6. The second kappa shape index (κ2) is 4.02. The molecule has 0 fully saturated rings. The van der Waals surface area contributed by atoms with Crippen LogP contribution in [-0.2, 0) is 13.0 Å². The maximum absolute atomic E-state index is 6.26. The molecule has 0 spiro atoms. The van der Waals surface area contributed by atoms with Crippen molar-refractivity contribution in [3.63, 3.8) is 0 Å². The number of para-hydroxylation sites is 1. The molecule has 21 heavy (non-hydrogen) atoms. The molecular formula is C19H14ClN. The fourth-order valence-electron chi connectivity index (χ4n) is 3.89. The van der Waals surface area contributed by atoms with Crippen molar-refractivity contribution < 1.29 is 0 Å². The lowest BCUT2D eigenvalue weighted by Crippen LogP contribution is -2.07. The van der Waals surface area contributed by atoms with E-state index in [9.17, 15) is 0 Å². The number of fused-ring (bicyclic) bond motifs is 5. The lowest BCUT2D eigenvalue weighted by atomic mass is 9.96. The molecule has 0 radical (unpaired) electrons. The van der Waals surface area contributed by atoms with Gasteiger partial charge in [0.2, 0.25) is 0 Å². The second-order valence-corrected chi connectivity index (χ2v) is 6.33. The van der Waals surface area contributed by atoms with Gasteiger partial charge in [-0.05, 0) is 53.4 Å². The van der Waals surface area contributed by atoms with Crippen LogP contribution in [0.25, 0.3) is 32.6 Å². The zero-order valence-corrected chi connectivity index (χ0v) is 12.3. The van der Waals surface area contributed by atoms with Crippen molar-refractivity contribution in [3.8, 4) is 0 Å². The summed E-state index contributed by atoms with van der Waals surface area (Å²) >= 11 is 6.26. The molecule has 4 aromatic rings. The summed E-state index contributed by atoms with van der Waals surface area (Å²) in [6.07, 6.45) is 2.39. The normalized spacial score (nSPS) is 14.3. The molecule has 2 heterocycles. The second-order valence-electron chi connectivity index (χ2n) is 5.90. The molecule has 1 aliphatic heterocycles. The Morgan fingerprint density at radius 2 is 1.86 bits per heavy atom. The van der Waals surface area contributed by atoms with E-state index in [1.54, 1.807) is 0 Å². The Bertz CT molecular complexity index is 1030. The Hall–Kier alpha value is -1.99. The molecule has 0 amide bonds. The zero-order chi connectivity index (χ0) is 14.0. The average Bonchev–Trinajstić information content (AvgIpc) is 2.85. The molecule has 1 aliphatic rings. The lowest BCUT2D eigenvalue weighted by Gasteiger charge is -2.17. The van der Waals surface area contributed by atoms with E-state index in [-0.39, 0.29) is 0 Å². The highest BCUT2D eigenvalue weighted by Crippen LogP contribution is 2.40. The van der Waals surface area contributed by atoms with Gasteiger partial charge in [-0.3, -0.25) is 0 Å². The molecule has 0 unspecified atom stereocenters. The quantitative estimate of drug-likeness (QED) is 0.400. The number of halogens is 1. The van der Waals surface area contributed by atoms with E-state index in [4.69, 9.17) is 11.6 Å². The summed E-state index contributed by atoms with van der Waals surface area (Å²) in [5.41, 5.74) is 4.24. The number of hydrogen-bond donors (Lipinski definition) is 0. The highest BCUT2D eigenvalue weighted by Gasteiger charge is 2.19. The Morgan fingerprint density at radius 3 is 2.81 bits per heavy atom. The van der Waals surface area contributed by atoms with Gasteiger partial charge in [0.05, 0.1) is 5.52 Å². The van der Waals surface area contributed by atoms with Crippen molar-refractivity contribution in [2.24, 2.45) is 0 Å². The number of nitrogens with zero attached hydrogens (tertiary/aromatic N) is 1. The van der Waals surface area contributed by atoms with E-state index in [2.05, 4.69) is 47.0 Å². The molecule has 0 atom stereocenters. The van der Waals surface area contributed by atoms with Gasteiger partial charge in [-0.2, -0.15) is 0 Å². The minimum Gasteiger partial charge on any atom is -0.340 e. The van der Waals surface area contributed by atoms with Crippen molar-refractivity contribution in [3.05, 3.63) is 59.1 Å². The predicted octanol–water partition coefficient (Wildman–Crippen LogP) is 5.55. The van der Waals surface area contributed by atoms with Gasteiger partial charge in [0.25, 0.3) is 0 Å². The highest BCUT2D eigenvalue weighted by atomic mass is 35.5. The molecule has 0 saturated carbocycles. The van der Waals surface area contributed by atoms with Crippen molar-refractivity contribution >= 4 is 44.2 Å². The third-order valence-electron chi connectivity index (χ3n) is 4.72. The lowest BCUT2D eigenvalue weighted by molar-refractivity contribution is 0.652. The summed E-state index contributed by atoms with van der Waals surface area (Å²) in [5.74, 6) is 0. The number of hydrogen-bond acceptors (Lipinski definition) is 0. The maximum atomic E-state index is 6.26.